The highest BCUT2D eigenvalue weighted by Gasteiger charge is 2.23. The third kappa shape index (κ3) is 2.85. The van der Waals surface area contributed by atoms with E-state index in [1.807, 2.05) is 0 Å². The number of aliphatic carboxylic acids is 1. The Morgan fingerprint density at radius 1 is 1.44 bits per heavy atom. The molecule has 5 nitrogen and oxygen atoms in total. The molecule has 0 aliphatic rings. The topological polar surface area (TPSA) is 70.8 Å². The first-order valence-electron chi connectivity index (χ1n) is 5.01. The Labute approximate surface area is 93.7 Å². The molecule has 0 atom stereocenters. The van der Waals surface area contributed by atoms with Gasteiger partial charge in [-0.25, -0.2) is 0 Å². The van der Waals surface area contributed by atoms with Gasteiger partial charge in [0, 0.05) is 6.04 Å². The number of carboxylic acids is 1. The number of amides is 1. The fourth-order valence-corrected chi connectivity index (χ4v) is 1.33. The number of carbonyl (C=O) groups is 2. The molecule has 0 aliphatic heterocycles. The van der Waals surface area contributed by atoms with Gasteiger partial charge in [-0.05, 0) is 32.9 Å². The summed E-state index contributed by atoms with van der Waals surface area (Å²) in [4.78, 5) is 23.8. The zero-order chi connectivity index (χ0) is 12.3. The Morgan fingerprint density at radius 2 is 2.06 bits per heavy atom. The summed E-state index contributed by atoms with van der Waals surface area (Å²) < 4.78 is 5.17. The maximum Gasteiger partial charge on any atom is 0.323 e. The molecule has 0 saturated heterocycles. The van der Waals surface area contributed by atoms with E-state index >= 15 is 0 Å². The van der Waals surface area contributed by atoms with E-state index in [0.717, 1.165) is 0 Å². The van der Waals surface area contributed by atoms with Gasteiger partial charge < -0.3 is 14.4 Å². The van der Waals surface area contributed by atoms with E-state index in [1.165, 1.54) is 4.90 Å². The van der Waals surface area contributed by atoms with Gasteiger partial charge in [-0.3, -0.25) is 9.59 Å². The number of furan rings is 1. The van der Waals surface area contributed by atoms with E-state index in [1.54, 1.807) is 32.9 Å². The lowest BCUT2D eigenvalue weighted by atomic mass is 10.3. The molecule has 16 heavy (non-hydrogen) atoms. The van der Waals surface area contributed by atoms with Crippen LogP contribution in [0, 0.1) is 6.92 Å². The highest BCUT2D eigenvalue weighted by atomic mass is 16.4. The molecule has 5 heteroatoms. The van der Waals surface area contributed by atoms with Crippen LogP contribution in [0.5, 0.6) is 0 Å². The molecule has 1 aromatic rings. The third-order valence-corrected chi connectivity index (χ3v) is 2.14. The smallest absolute Gasteiger partial charge is 0.323 e. The van der Waals surface area contributed by atoms with Crippen molar-refractivity contribution in [2.45, 2.75) is 26.8 Å². The van der Waals surface area contributed by atoms with Crippen LogP contribution in [0.15, 0.2) is 16.5 Å². The number of hydrogen-bond donors (Lipinski definition) is 1. The quantitative estimate of drug-likeness (QED) is 0.843. The first kappa shape index (κ1) is 12.3. The van der Waals surface area contributed by atoms with Gasteiger partial charge in [-0.15, -0.1) is 0 Å². The van der Waals surface area contributed by atoms with Gasteiger partial charge in [0.25, 0.3) is 5.91 Å². The van der Waals surface area contributed by atoms with Crippen molar-refractivity contribution in [2.24, 2.45) is 0 Å². The van der Waals surface area contributed by atoms with E-state index in [9.17, 15) is 9.59 Å². The molecule has 0 fully saturated rings. The van der Waals surface area contributed by atoms with Crippen LogP contribution in [0.3, 0.4) is 0 Å². The van der Waals surface area contributed by atoms with Gasteiger partial charge in [-0.2, -0.15) is 0 Å². The Morgan fingerprint density at radius 3 is 2.44 bits per heavy atom. The second-order valence-corrected chi connectivity index (χ2v) is 3.83. The van der Waals surface area contributed by atoms with Gasteiger partial charge in [0.1, 0.15) is 12.3 Å². The van der Waals surface area contributed by atoms with Gasteiger partial charge in [0.05, 0.1) is 0 Å². The van der Waals surface area contributed by atoms with Crippen molar-refractivity contribution in [2.75, 3.05) is 6.54 Å². The number of carbonyl (C=O) groups excluding carboxylic acids is 1. The van der Waals surface area contributed by atoms with Crippen LogP contribution >= 0.6 is 0 Å². The minimum atomic E-state index is -1.04. The average Bonchev–Trinajstić information content (AvgIpc) is 2.59. The van der Waals surface area contributed by atoms with Crippen LogP contribution in [0.1, 0.15) is 30.2 Å². The highest BCUT2D eigenvalue weighted by Crippen LogP contribution is 2.11. The average molecular weight is 225 g/mol. The molecule has 1 rings (SSSR count). The largest absolute Gasteiger partial charge is 0.480 e. The van der Waals surface area contributed by atoms with Gasteiger partial charge in [0.2, 0.25) is 0 Å². The molecule has 1 aromatic heterocycles. The Bertz CT molecular complexity index is 394. The third-order valence-electron chi connectivity index (χ3n) is 2.14. The van der Waals surface area contributed by atoms with E-state index in [2.05, 4.69) is 0 Å². The Hall–Kier alpha value is -1.78. The summed E-state index contributed by atoms with van der Waals surface area (Å²) in [6.45, 7) is 4.93. The summed E-state index contributed by atoms with van der Waals surface area (Å²) in [5.41, 5.74) is 0. The van der Waals surface area contributed by atoms with E-state index in [0.29, 0.717) is 5.76 Å². The molecule has 0 radical (unpaired) electrons. The summed E-state index contributed by atoms with van der Waals surface area (Å²) in [5, 5.41) is 8.71. The minimum Gasteiger partial charge on any atom is -0.480 e. The summed E-state index contributed by atoms with van der Waals surface area (Å²) >= 11 is 0. The molecule has 0 unspecified atom stereocenters. The lowest BCUT2D eigenvalue weighted by molar-refractivity contribution is -0.138. The molecular formula is C11H15NO4. The second kappa shape index (κ2) is 4.83. The maximum atomic E-state index is 11.9. The normalized spacial score (nSPS) is 10.5. The molecule has 1 heterocycles. The van der Waals surface area contributed by atoms with Crippen LogP contribution in [0.4, 0.5) is 0 Å². The lowest BCUT2D eigenvalue weighted by Crippen LogP contribution is -2.40. The molecule has 0 aromatic carbocycles. The maximum absolute atomic E-state index is 11.9. The van der Waals surface area contributed by atoms with E-state index in [-0.39, 0.29) is 18.3 Å². The molecule has 0 bridgehead atoms. The van der Waals surface area contributed by atoms with Gasteiger partial charge in [-0.1, -0.05) is 0 Å². The van der Waals surface area contributed by atoms with Crippen molar-refractivity contribution in [3.63, 3.8) is 0 Å². The molecule has 1 amide bonds. The van der Waals surface area contributed by atoms with Crippen molar-refractivity contribution >= 4 is 11.9 Å². The minimum absolute atomic E-state index is 0.174. The number of nitrogens with zero attached hydrogens (tertiary/aromatic N) is 1. The van der Waals surface area contributed by atoms with E-state index < -0.39 is 11.9 Å². The van der Waals surface area contributed by atoms with Crippen molar-refractivity contribution in [1.82, 2.24) is 4.90 Å². The van der Waals surface area contributed by atoms with Crippen LogP contribution in [-0.4, -0.2) is 34.5 Å². The molecule has 0 saturated carbocycles. The summed E-state index contributed by atoms with van der Waals surface area (Å²) in [6.07, 6.45) is 0. The monoisotopic (exact) mass is 225 g/mol. The molecule has 1 N–H and O–H groups in total. The van der Waals surface area contributed by atoms with Crippen molar-refractivity contribution in [3.8, 4) is 0 Å². The van der Waals surface area contributed by atoms with Crippen molar-refractivity contribution in [1.29, 1.82) is 0 Å². The SMILES string of the molecule is Cc1ccc(C(=O)N(CC(=O)O)C(C)C)o1. The fourth-order valence-electron chi connectivity index (χ4n) is 1.33. The number of rotatable bonds is 4. The predicted octanol–water partition coefficient (Wildman–Crippen LogP) is 1.52. The van der Waals surface area contributed by atoms with Crippen LogP contribution < -0.4 is 0 Å². The summed E-state index contributed by atoms with van der Waals surface area (Å²) in [7, 11) is 0. The lowest BCUT2D eigenvalue weighted by Gasteiger charge is -2.23. The predicted molar refractivity (Wildman–Crippen MR) is 57.3 cm³/mol. The van der Waals surface area contributed by atoms with Crippen LogP contribution in [0.2, 0.25) is 0 Å². The Balaban J connectivity index is 2.87. The standard InChI is InChI=1S/C11H15NO4/c1-7(2)12(6-10(13)14)11(15)9-5-4-8(3)16-9/h4-5,7H,6H2,1-3H3,(H,13,14). The van der Waals surface area contributed by atoms with Crippen molar-refractivity contribution < 1.29 is 19.1 Å². The Kier molecular flexibility index (Phi) is 3.71. The number of aryl methyl sites for hydroxylation is 1. The second-order valence-electron chi connectivity index (χ2n) is 3.83. The summed E-state index contributed by atoms with van der Waals surface area (Å²) in [5.74, 6) is -0.634. The summed E-state index contributed by atoms with van der Waals surface area (Å²) in [6, 6.07) is 3.04. The number of hydrogen-bond acceptors (Lipinski definition) is 3. The highest BCUT2D eigenvalue weighted by molar-refractivity contribution is 5.93. The van der Waals surface area contributed by atoms with E-state index in [4.69, 9.17) is 9.52 Å². The first-order chi connectivity index (χ1) is 7.41. The molecular weight excluding hydrogens is 210 g/mol. The van der Waals surface area contributed by atoms with Crippen LogP contribution in [-0.2, 0) is 4.79 Å². The molecule has 0 aliphatic carbocycles. The first-order valence-corrected chi connectivity index (χ1v) is 5.01. The fraction of sp³-hybridized carbons (Fsp3) is 0.455. The molecule has 0 spiro atoms. The zero-order valence-corrected chi connectivity index (χ0v) is 9.56. The number of carboxylic acid groups (broad SMARTS) is 1. The van der Waals surface area contributed by atoms with Crippen LogP contribution in [0.25, 0.3) is 0 Å². The zero-order valence-electron chi connectivity index (χ0n) is 9.56. The molecule has 88 valence electrons. The van der Waals surface area contributed by atoms with Crippen molar-refractivity contribution in [3.05, 3.63) is 23.7 Å². The van der Waals surface area contributed by atoms with Gasteiger partial charge in [0.15, 0.2) is 5.76 Å². The van der Waals surface area contributed by atoms with Gasteiger partial charge >= 0.3 is 5.97 Å².